The molecule has 1 aliphatic carbocycles. The minimum absolute atomic E-state index is 0.338. The molecule has 1 aromatic rings. The number of benzene rings is 1. The van der Waals surface area contributed by atoms with Gasteiger partial charge in [-0.15, -0.1) is 0 Å². The molecule has 2 rings (SSSR count). The predicted octanol–water partition coefficient (Wildman–Crippen LogP) is 5.36. The summed E-state index contributed by atoms with van der Waals surface area (Å²) < 4.78 is 2.28. The standard InChI is InChI=1S/C15H19Br2N/c1-18-15(11-6-4-2-3-5-7-11)13-9-8-12(16)10-14(13)17/h6,8-10,15,18H,2-5,7H2,1H3. The van der Waals surface area contributed by atoms with E-state index in [1.165, 1.54) is 47.7 Å². The van der Waals surface area contributed by atoms with E-state index in [1.54, 1.807) is 0 Å². The van der Waals surface area contributed by atoms with Gasteiger partial charge in [-0.3, -0.25) is 0 Å². The fourth-order valence-electron chi connectivity index (χ4n) is 2.58. The highest BCUT2D eigenvalue weighted by molar-refractivity contribution is 9.11. The molecule has 0 saturated heterocycles. The number of hydrogen-bond donors (Lipinski definition) is 1. The maximum atomic E-state index is 3.68. The van der Waals surface area contributed by atoms with Crippen molar-refractivity contribution in [1.82, 2.24) is 5.32 Å². The molecule has 0 fully saturated rings. The summed E-state index contributed by atoms with van der Waals surface area (Å²) in [4.78, 5) is 0. The Bertz CT molecular complexity index is 440. The van der Waals surface area contributed by atoms with Crippen LogP contribution in [0.25, 0.3) is 0 Å². The zero-order valence-electron chi connectivity index (χ0n) is 10.7. The molecule has 0 aliphatic heterocycles. The summed E-state index contributed by atoms with van der Waals surface area (Å²) in [6, 6.07) is 6.77. The lowest BCUT2D eigenvalue weighted by Crippen LogP contribution is -2.19. The van der Waals surface area contributed by atoms with Crippen LogP contribution in [-0.4, -0.2) is 7.05 Å². The Morgan fingerprint density at radius 1 is 1.17 bits per heavy atom. The summed E-state index contributed by atoms with van der Waals surface area (Å²) in [5.74, 6) is 0. The monoisotopic (exact) mass is 371 g/mol. The van der Waals surface area contributed by atoms with E-state index < -0.39 is 0 Å². The molecule has 0 spiro atoms. The van der Waals surface area contributed by atoms with Crippen LogP contribution in [0.2, 0.25) is 0 Å². The lowest BCUT2D eigenvalue weighted by atomic mass is 9.95. The maximum Gasteiger partial charge on any atom is 0.0544 e. The highest BCUT2D eigenvalue weighted by Crippen LogP contribution is 2.34. The fraction of sp³-hybridized carbons (Fsp3) is 0.467. The first-order valence-corrected chi connectivity index (χ1v) is 8.12. The van der Waals surface area contributed by atoms with E-state index in [-0.39, 0.29) is 0 Å². The van der Waals surface area contributed by atoms with Crippen LogP contribution in [0.3, 0.4) is 0 Å². The topological polar surface area (TPSA) is 12.0 Å². The first-order valence-electron chi connectivity index (χ1n) is 6.53. The Labute approximate surface area is 126 Å². The number of hydrogen-bond acceptors (Lipinski definition) is 1. The van der Waals surface area contributed by atoms with Crippen molar-refractivity contribution in [3.05, 3.63) is 44.4 Å². The van der Waals surface area contributed by atoms with Crippen LogP contribution in [0.5, 0.6) is 0 Å². The number of rotatable bonds is 3. The van der Waals surface area contributed by atoms with Gasteiger partial charge in [0.2, 0.25) is 0 Å². The Kier molecular flexibility index (Phi) is 5.46. The zero-order chi connectivity index (χ0) is 13.0. The van der Waals surface area contributed by atoms with Crippen LogP contribution >= 0.6 is 31.9 Å². The van der Waals surface area contributed by atoms with Crippen molar-refractivity contribution in [3.8, 4) is 0 Å². The van der Waals surface area contributed by atoms with Crippen molar-refractivity contribution in [2.24, 2.45) is 0 Å². The van der Waals surface area contributed by atoms with Crippen molar-refractivity contribution in [2.75, 3.05) is 7.05 Å². The van der Waals surface area contributed by atoms with Crippen molar-refractivity contribution in [1.29, 1.82) is 0 Å². The minimum atomic E-state index is 0.338. The van der Waals surface area contributed by atoms with Crippen molar-refractivity contribution >= 4 is 31.9 Å². The molecule has 3 heteroatoms. The first kappa shape index (κ1) is 14.3. The average molecular weight is 373 g/mol. The molecule has 1 N–H and O–H groups in total. The number of halogens is 2. The second kappa shape index (κ2) is 6.88. The van der Waals surface area contributed by atoms with Gasteiger partial charge >= 0.3 is 0 Å². The van der Waals surface area contributed by atoms with Crippen molar-refractivity contribution in [3.63, 3.8) is 0 Å². The molecule has 1 aliphatic rings. The van der Waals surface area contributed by atoms with E-state index in [0.717, 1.165) is 4.47 Å². The molecule has 1 aromatic carbocycles. The second-order valence-electron chi connectivity index (χ2n) is 4.77. The molecule has 0 radical (unpaired) electrons. The van der Waals surface area contributed by atoms with Crippen LogP contribution in [-0.2, 0) is 0 Å². The van der Waals surface area contributed by atoms with Gasteiger partial charge < -0.3 is 5.32 Å². The molecule has 0 saturated carbocycles. The maximum absolute atomic E-state index is 3.68. The minimum Gasteiger partial charge on any atom is -0.310 e. The summed E-state index contributed by atoms with van der Waals surface area (Å²) in [5.41, 5.74) is 2.87. The third-order valence-corrected chi connectivity index (χ3v) is 4.69. The van der Waals surface area contributed by atoms with Crippen LogP contribution in [0, 0.1) is 0 Å². The third-order valence-electron chi connectivity index (χ3n) is 3.51. The molecule has 1 unspecified atom stereocenters. The molecule has 18 heavy (non-hydrogen) atoms. The van der Waals surface area contributed by atoms with Gasteiger partial charge in [0.15, 0.2) is 0 Å². The fourth-order valence-corrected chi connectivity index (χ4v) is 3.85. The summed E-state index contributed by atoms with van der Waals surface area (Å²) >= 11 is 7.19. The van der Waals surface area contributed by atoms with Crippen LogP contribution < -0.4 is 5.32 Å². The second-order valence-corrected chi connectivity index (χ2v) is 6.54. The van der Waals surface area contributed by atoms with Gasteiger partial charge in [0.1, 0.15) is 0 Å². The molecular formula is C15H19Br2N. The summed E-state index contributed by atoms with van der Waals surface area (Å²) in [6.07, 6.45) is 8.88. The Balaban J connectivity index is 2.29. The predicted molar refractivity (Wildman–Crippen MR) is 84.8 cm³/mol. The van der Waals surface area contributed by atoms with E-state index in [0.29, 0.717) is 6.04 Å². The van der Waals surface area contributed by atoms with Crippen molar-refractivity contribution < 1.29 is 0 Å². The molecule has 1 atom stereocenters. The third kappa shape index (κ3) is 3.46. The highest BCUT2D eigenvalue weighted by atomic mass is 79.9. The van der Waals surface area contributed by atoms with E-state index in [1.807, 2.05) is 7.05 Å². The highest BCUT2D eigenvalue weighted by Gasteiger charge is 2.18. The van der Waals surface area contributed by atoms with Crippen LogP contribution in [0.15, 0.2) is 38.8 Å². The molecule has 1 nitrogen and oxygen atoms in total. The van der Waals surface area contributed by atoms with Gasteiger partial charge in [0, 0.05) is 8.95 Å². The average Bonchev–Trinajstić information content (AvgIpc) is 2.62. The zero-order valence-corrected chi connectivity index (χ0v) is 13.9. The first-order chi connectivity index (χ1) is 8.72. The lowest BCUT2D eigenvalue weighted by Gasteiger charge is -2.21. The SMILES string of the molecule is CNC(C1=CCCCCC1)c1ccc(Br)cc1Br. The summed E-state index contributed by atoms with van der Waals surface area (Å²) in [6.45, 7) is 0. The number of allylic oxidation sites excluding steroid dienone is 1. The normalized spacial score (nSPS) is 18.1. The number of likely N-dealkylation sites (N-methyl/N-ethyl adjacent to an activating group) is 1. The quantitative estimate of drug-likeness (QED) is 0.704. The molecule has 0 amide bonds. The lowest BCUT2D eigenvalue weighted by molar-refractivity contribution is 0.627. The van der Waals surface area contributed by atoms with Gasteiger partial charge in [0.05, 0.1) is 6.04 Å². The van der Waals surface area contributed by atoms with Gasteiger partial charge in [-0.05, 0) is 50.4 Å². The molecular weight excluding hydrogens is 354 g/mol. The van der Waals surface area contributed by atoms with Crippen LogP contribution in [0.1, 0.15) is 43.7 Å². The van der Waals surface area contributed by atoms with Crippen LogP contribution in [0.4, 0.5) is 0 Å². The van der Waals surface area contributed by atoms with Gasteiger partial charge in [-0.1, -0.05) is 56.0 Å². The van der Waals surface area contributed by atoms with E-state index in [2.05, 4.69) is 61.5 Å². The molecule has 0 heterocycles. The van der Waals surface area contributed by atoms with Crippen molar-refractivity contribution in [2.45, 2.75) is 38.1 Å². The number of nitrogens with one attached hydrogen (secondary N) is 1. The molecule has 0 aromatic heterocycles. The van der Waals surface area contributed by atoms with Gasteiger partial charge in [0.25, 0.3) is 0 Å². The largest absolute Gasteiger partial charge is 0.310 e. The Morgan fingerprint density at radius 3 is 2.72 bits per heavy atom. The smallest absolute Gasteiger partial charge is 0.0544 e. The van der Waals surface area contributed by atoms with E-state index in [4.69, 9.17) is 0 Å². The van der Waals surface area contributed by atoms with E-state index >= 15 is 0 Å². The van der Waals surface area contributed by atoms with E-state index in [9.17, 15) is 0 Å². The molecule has 98 valence electrons. The Hall–Kier alpha value is -0.120. The van der Waals surface area contributed by atoms with Gasteiger partial charge in [-0.25, -0.2) is 0 Å². The summed E-state index contributed by atoms with van der Waals surface area (Å²) in [5, 5.41) is 3.46. The molecule has 0 bridgehead atoms. The summed E-state index contributed by atoms with van der Waals surface area (Å²) in [7, 11) is 2.05. The van der Waals surface area contributed by atoms with Gasteiger partial charge in [-0.2, -0.15) is 0 Å². The Morgan fingerprint density at radius 2 is 2.00 bits per heavy atom.